The number of aryl methyl sites for hydroxylation is 2. The number of hydrogen-bond acceptors (Lipinski definition) is 4. The lowest BCUT2D eigenvalue weighted by molar-refractivity contribution is -0.121. The molecule has 29 heavy (non-hydrogen) atoms. The molecule has 6 heteroatoms. The van der Waals surface area contributed by atoms with Crippen LogP contribution in [0.25, 0.3) is 5.69 Å². The number of carbonyl (C=O) groups is 2. The maximum Gasteiger partial charge on any atom is 0.220 e. The van der Waals surface area contributed by atoms with Crippen LogP contribution in [0.1, 0.15) is 59.3 Å². The standard InChI is InChI=1S/C23H24N4O2/c1-16(17-7-9-21(10-8-17)27-15-24-14-25-27)26-23(29)12-11-22(28)20-6-5-18-3-2-4-19(18)13-20/h5-10,13-16H,2-4,11-12H2,1H3,(H,26,29). The number of nitrogens with one attached hydrogen (secondary N) is 1. The lowest BCUT2D eigenvalue weighted by Crippen LogP contribution is -2.27. The highest BCUT2D eigenvalue weighted by atomic mass is 16.2. The molecular formula is C23H24N4O2. The van der Waals surface area contributed by atoms with Crippen LogP contribution in [-0.4, -0.2) is 26.5 Å². The number of rotatable bonds is 7. The van der Waals surface area contributed by atoms with Crippen molar-refractivity contribution in [1.82, 2.24) is 20.1 Å². The van der Waals surface area contributed by atoms with Gasteiger partial charge in [-0.3, -0.25) is 9.59 Å². The molecule has 0 aliphatic heterocycles. The van der Waals surface area contributed by atoms with E-state index in [1.165, 1.54) is 17.5 Å². The van der Waals surface area contributed by atoms with Crippen LogP contribution in [0.15, 0.2) is 55.1 Å². The molecule has 0 bridgehead atoms. The first-order valence-corrected chi connectivity index (χ1v) is 9.99. The van der Waals surface area contributed by atoms with E-state index in [1.54, 1.807) is 11.0 Å². The molecule has 1 amide bonds. The van der Waals surface area contributed by atoms with Crippen molar-refractivity contribution in [2.24, 2.45) is 0 Å². The second kappa shape index (κ2) is 8.39. The predicted octanol–water partition coefficient (Wildman–Crippen LogP) is 3.60. The topological polar surface area (TPSA) is 76.9 Å². The summed E-state index contributed by atoms with van der Waals surface area (Å²) < 4.78 is 1.68. The lowest BCUT2D eigenvalue weighted by Gasteiger charge is -2.15. The van der Waals surface area contributed by atoms with Gasteiger partial charge in [-0.1, -0.05) is 24.3 Å². The number of ketones is 1. The Morgan fingerprint density at radius 1 is 1.07 bits per heavy atom. The third kappa shape index (κ3) is 4.42. The lowest BCUT2D eigenvalue weighted by atomic mass is 10.0. The Balaban J connectivity index is 1.29. The van der Waals surface area contributed by atoms with Crippen LogP contribution in [0.2, 0.25) is 0 Å². The molecule has 1 unspecified atom stereocenters. The van der Waals surface area contributed by atoms with Gasteiger partial charge in [-0.15, -0.1) is 0 Å². The summed E-state index contributed by atoms with van der Waals surface area (Å²) in [5.74, 6) is -0.0907. The van der Waals surface area contributed by atoms with Crippen molar-refractivity contribution in [1.29, 1.82) is 0 Å². The molecule has 1 aliphatic carbocycles. The molecular weight excluding hydrogens is 364 g/mol. The van der Waals surface area contributed by atoms with Crippen molar-refractivity contribution in [2.75, 3.05) is 0 Å². The molecule has 1 aromatic heterocycles. The van der Waals surface area contributed by atoms with Gasteiger partial charge in [0.2, 0.25) is 5.91 Å². The first-order valence-electron chi connectivity index (χ1n) is 9.99. The Morgan fingerprint density at radius 3 is 2.62 bits per heavy atom. The minimum Gasteiger partial charge on any atom is -0.350 e. The molecule has 1 atom stereocenters. The van der Waals surface area contributed by atoms with E-state index in [4.69, 9.17) is 0 Å². The van der Waals surface area contributed by atoms with Crippen molar-refractivity contribution in [3.8, 4) is 5.69 Å². The monoisotopic (exact) mass is 388 g/mol. The summed E-state index contributed by atoms with van der Waals surface area (Å²) in [7, 11) is 0. The van der Waals surface area contributed by atoms with Crippen LogP contribution in [0.4, 0.5) is 0 Å². The van der Waals surface area contributed by atoms with Crippen LogP contribution >= 0.6 is 0 Å². The van der Waals surface area contributed by atoms with Gasteiger partial charge in [0.1, 0.15) is 12.7 Å². The number of carbonyl (C=O) groups excluding carboxylic acids is 2. The number of fused-ring (bicyclic) bond motifs is 1. The third-order valence-corrected chi connectivity index (χ3v) is 5.45. The molecule has 0 radical (unpaired) electrons. The van der Waals surface area contributed by atoms with Crippen molar-refractivity contribution >= 4 is 11.7 Å². The molecule has 1 heterocycles. The van der Waals surface area contributed by atoms with Crippen molar-refractivity contribution < 1.29 is 9.59 Å². The zero-order chi connectivity index (χ0) is 20.2. The molecule has 0 saturated heterocycles. The van der Waals surface area contributed by atoms with Gasteiger partial charge in [0.15, 0.2) is 5.78 Å². The predicted molar refractivity (Wildman–Crippen MR) is 110 cm³/mol. The summed E-state index contributed by atoms with van der Waals surface area (Å²) in [5.41, 5.74) is 5.25. The average molecular weight is 388 g/mol. The van der Waals surface area contributed by atoms with Crippen molar-refractivity contribution in [2.45, 2.75) is 45.1 Å². The van der Waals surface area contributed by atoms with Gasteiger partial charge in [0, 0.05) is 18.4 Å². The maximum atomic E-state index is 12.5. The zero-order valence-electron chi connectivity index (χ0n) is 16.5. The zero-order valence-corrected chi connectivity index (χ0v) is 16.5. The highest BCUT2D eigenvalue weighted by Crippen LogP contribution is 2.23. The first kappa shape index (κ1) is 19.1. The molecule has 2 aromatic carbocycles. The molecule has 3 aromatic rings. The molecule has 0 fully saturated rings. The van der Waals surface area contributed by atoms with Crippen LogP contribution < -0.4 is 5.32 Å². The Bertz CT molecular complexity index is 1010. The molecule has 148 valence electrons. The minimum atomic E-state index is -0.137. The van der Waals surface area contributed by atoms with Crippen LogP contribution in [0, 0.1) is 0 Å². The second-order valence-electron chi connectivity index (χ2n) is 7.48. The Labute approximate surface area is 170 Å². The van der Waals surface area contributed by atoms with E-state index in [1.807, 2.05) is 43.3 Å². The molecule has 6 nitrogen and oxygen atoms in total. The van der Waals surface area contributed by atoms with Gasteiger partial charge in [-0.25, -0.2) is 9.67 Å². The Kier molecular flexibility index (Phi) is 5.51. The summed E-state index contributed by atoms with van der Waals surface area (Å²) in [4.78, 5) is 28.7. The smallest absolute Gasteiger partial charge is 0.220 e. The fourth-order valence-corrected chi connectivity index (χ4v) is 3.77. The number of aromatic nitrogens is 3. The second-order valence-corrected chi connectivity index (χ2v) is 7.48. The van der Waals surface area contributed by atoms with E-state index in [2.05, 4.69) is 21.5 Å². The van der Waals surface area contributed by atoms with Crippen LogP contribution in [-0.2, 0) is 17.6 Å². The van der Waals surface area contributed by atoms with Gasteiger partial charge >= 0.3 is 0 Å². The molecule has 1 N–H and O–H groups in total. The average Bonchev–Trinajstić information content (AvgIpc) is 3.43. The van der Waals surface area contributed by atoms with Gasteiger partial charge in [0.25, 0.3) is 0 Å². The summed E-state index contributed by atoms with van der Waals surface area (Å²) in [6, 6.07) is 13.6. The van der Waals surface area contributed by atoms with E-state index < -0.39 is 0 Å². The summed E-state index contributed by atoms with van der Waals surface area (Å²) in [6.45, 7) is 1.94. The summed E-state index contributed by atoms with van der Waals surface area (Å²) in [5, 5.41) is 7.07. The fraction of sp³-hybridized carbons (Fsp3) is 0.304. The quantitative estimate of drug-likeness (QED) is 0.628. The van der Waals surface area contributed by atoms with E-state index in [0.29, 0.717) is 0 Å². The van der Waals surface area contributed by atoms with Gasteiger partial charge in [0.05, 0.1) is 11.7 Å². The normalized spacial score (nSPS) is 13.7. The van der Waals surface area contributed by atoms with Crippen LogP contribution in [0.5, 0.6) is 0 Å². The number of amides is 1. The summed E-state index contributed by atoms with van der Waals surface area (Å²) >= 11 is 0. The third-order valence-electron chi connectivity index (χ3n) is 5.45. The Hall–Kier alpha value is -3.28. The number of hydrogen-bond donors (Lipinski definition) is 1. The number of Topliss-reactive ketones (excluding diaryl/α,β-unsaturated/α-hetero) is 1. The fourth-order valence-electron chi connectivity index (χ4n) is 3.77. The van der Waals surface area contributed by atoms with Crippen LogP contribution in [0.3, 0.4) is 0 Å². The summed E-state index contributed by atoms with van der Waals surface area (Å²) in [6.07, 6.45) is 6.85. The SMILES string of the molecule is CC(NC(=O)CCC(=O)c1ccc2c(c1)CCC2)c1ccc(-n2cncn2)cc1. The minimum absolute atomic E-state index is 0.0275. The Morgan fingerprint density at radius 2 is 1.86 bits per heavy atom. The highest BCUT2D eigenvalue weighted by Gasteiger charge is 2.16. The molecule has 0 saturated carbocycles. The van der Waals surface area contributed by atoms with E-state index in [9.17, 15) is 9.59 Å². The van der Waals surface area contributed by atoms with Gasteiger partial charge in [-0.05, 0) is 61.1 Å². The highest BCUT2D eigenvalue weighted by molar-refractivity contribution is 5.98. The van der Waals surface area contributed by atoms with Gasteiger partial charge < -0.3 is 5.32 Å². The van der Waals surface area contributed by atoms with E-state index >= 15 is 0 Å². The molecule has 1 aliphatic rings. The number of benzene rings is 2. The molecule has 0 spiro atoms. The van der Waals surface area contributed by atoms with E-state index in [0.717, 1.165) is 36.1 Å². The van der Waals surface area contributed by atoms with Crippen molar-refractivity contribution in [3.05, 3.63) is 77.4 Å². The largest absolute Gasteiger partial charge is 0.350 e. The molecule has 4 rings (SSSR count). The van der Waals surface area contributed by atoms with Crippen molar-refractivity contribution in [3.63, 3.8) is 0 Å². The number of nitrogens with zero attached hydrogens (tertiary/aromatic N) is 3. The van der Waals surface area contributed by atoms with Gasteiger partial charge in [-0.2, -0.15) is 5.10 Å². The van der Waals surface area contributed by atoms with E-state index in [-0.39, 0.29) is 30.6 Å². The maximum absolute atomic E-state index is 12.5. The first-order chi connectivity index (χ1) is 14.1.